The van der Waals surface area contributed by atoms with Crippen LogP contribution in [0.2, 0.25) is 0 Å². The van der Waals surface area contributed by atoms with Gasteiger partial charge in [0.05, 0.1) is 8.41 Å². The van der Waals surface area contributed by atoms with Crippen LogP contribution in [-0.2, 0) is 33.3 Å². The topological polar surface area (TPSA) is 0 Å². The van der Waals surface area contributed by atoms with Gasteiger partial charge in [0.15, 0.2) is 0 Å². The Bertz CT molecular complexity index is 8.00. The van der Waals surface area contributed by atoms with Crippen LogP contribution in [0.4, 0.5) is 0 Å². The molecule has 0 saturated carbocycles. The molecular formula is H6BBiCoNi. The molecule has 0 spiro atoms. The van der Waals surface area contributed by atoms with Crippen molar-refractivity contribution in [1.29, 1.82) is 0 Å². The Kier molecular flexibility index (Phi) is 195. The molecule has 0 rings (SSSR count). The molecule has 0 heterocycles. The summed E-state index contributed by atoms with van der Waals surface area (Å²) in [4.78, 5) is 0. The third-order valence-electron chi connectivity index (χ3n) is 0. The van der Waals surface area contributed by atoms with Gasteiger partial charge in [-0.25, -0.2) is 0 Å². The van der Waals surface area contributed by atoms with Gasteiger partial charge >= 0.3 is 26.2 Å². The normalized spacial score (nSPS) is 0. The summed E-state index contributed by atoms with van der Waals surface area (Å²) in [6.45, 7) is 0. The van der Waals surface area contributed by atoms with E-state index in [0.29, 0.717) is 0 Å². The molecule has 0 N–H and O–H groups in total. The first-order valence-corrected chi connectivity index (χ1v) is 0. The van der Waals surface area contributed by atoms with Gasteiger partial charge in [-0.2, -0.15) is 0 Å². The zero-order valence-corrected chi connectivity index (χ0v) is 8.88. The average Bonchev–Trinajstić information content (AvgIpc) is 0. The first kappa shape index (κ1) is 38.4. The largest absolute Gasteiger partial charge is 0 e. The second-order valence-corrected chi connectivity index (χ2v) is 0. The predicted molar refractivity (Wildman–Crippen MR) is 19.9 cm³/mol. The van der Waals surface area contributed by atoms with Crippen LogP contribution in [0.5, 0.6) is 0 Å². The third kappa shape index (κ3) is 9.04. The minimum Gasteiger partial charge on any atom is 0 e. The van der Waals surface area contributed by atoms with Gasteiger partial charge in [-0.05, 0) is 0 Å². The van der Waals surface area contributed by atoms with Crippen molar-refractivity contribution in [2.24, 2.45) is 0 Å². The predicted octanol–water partition coefficient (Wildman–Crippen LogP) is -2.37. The van der Waals surface area contributed by atoms with E-state index in [2.05, 4.69) is 0 Å². The molecule has 0 aliphatic carbocycles. The zero-order valence-electron chi connectivity index (χ0n) is 1.36. The summed E-state index contributed by atoms with van der Waals surface area (Å²) >= 11 is 0. The Morgan fingerprint density at radius 2 is 1.00 bits per heavy atom. The van der Waals surface area contributed by atoms with Crippen molar-refractivity contribution in [3.63, 3.8) is 0 Å². The molecule has 4 heteroatoms. The molecule has 0 amide bonds. The van der Waals surface area contributed by atoms with Gasteiger partial charge in [0, 0.05) is 33.3 Å². The van der Waals surface area contributed by atoms with E-state index < -0.39 is 0 Å². The van der Waals surface area contributed by atoms with Crippen LogP contribution in [0.3, 0.4) is 0 Å². The standard InChI is InChI=1S/BH3.Bi.Co.Ni.3H/h1H3;;;;;;. The fourth-order valence-corrected chi connectivity index (χ4v) is 0. The summed E-state index contributed by atoms with van der Waals surface area (Å²) in [7, 11) is 0. The van der Waals surface area contributed by atoms with Crippen molar-refractivity contribution in [1.82, 2.24) is 0 Å². The van der Waals surface area contributed by atoms with Crippen molar-refractivity contribution >= 4 is 34.6 Å². The molecule has 0 aromatic carbocycles. The van der Waals surface area contributed by atoms with Gasteiger partial charge in [-0.1, -0.05) is 0 Å². The quantitative estimate of drug-likeness (QED) is 0.431. The van der Waals surface area contributed by atoms with Crippen LogP contribution in [-0.4, -0.2) is 34.6 Å². The molecule has 0 nitrogen and oxygen atoms in total. The van der Waals surface area contributed by atoms with Crippen LogP contribution in [0.1, 0.15) is 0 Å². The summed E-state index contributed by atoms with van der Waals surface area (Å²) < 4.78 is 0. The summed E-state index contributed by atoms with van der Waals surface area (Å²) in [5.41, 5.74) is 0. The van der Waals surface area contributed by atoms with E-state index in [1.165, 1.54) is 0 Å². The van der Waals surface area contributed by atoms with Crippen molar-refractivity contribution in [3.8, 4) is 0 Å². The van der Waals surface area contributed by atoms with E-state index >= 15 is 0 Å². The maximum absolute atomic E-state index is 0. The molecule has 0 fully saturated rings. The fraction of sp³-hybridized carbons (Fsp3) is 0. The van der Waals surface area contributed by atoms with Crippen LogP contribution in [0.25, 0.3) is 0 Å². The molecule has 0 aromatic rings. The van der Waals surface area contributed by atoms with Crippen molar-refractivity contribution < 1.29 is 33.3 Å². The van der Waals surface area contributed by atoms with Crippen molar-refractivity contribution in [2.45, 2.75) is 0 Å². The van der Waals surface area contributed by atoms with Crippen LogP contribution in [0.15, 0.2) is 0 Å². The molecule has 1 radical (unpaired) electrons. The minimum atomic E-state index is 0. The minimum absolute atomic E-state index is 0. The number of rotatable bonds is 0. The smallest absolute Gasteiger partial charge is 0 e. The maximum atomic E-state index is 0. The SMILES string of the molecule is B.[BiH3].[Co].[Ni]. The van der Waals surface area contributed by atoms with E-state index in [1.807, 2.05) is 0 Å². The van der Waals surface area contributed by atoms with E-state index in [9.17, 15) is 0 Å². The molecule has 0 aliphatic heterocycles. The Morgan fingerprint density at radius 1 is 1.00 bits per heavy atom. The average molecular weight is 343 g/mol. The molecule has 0 aromatic heterocycles. The Hall–Kier alpha value is 1.95. The Morgan fingerprint density at radius 3 is 1.00 bits per heavy atom. The second kappa shape index (κ2) is 20.3. The summed E-state index contributed by atoms with van der Waals surface area (Å²) in [6, 6.07) is 0. The van der Waals surface area contributed by atoms with E-state index in [0.717, 1.165) is 0 Å². The molecule has 4 heavy (non-hydrogen) atoms. The molecule has 33 valence electrons. The molecule has 0 unspecified atom stereocenters. The molecule has 0 bridgehead atoms. The van der Waals surface area contributed by atoms with Crippen molar-refractivity contribution in [3.05, 3.63) is 0 Å². The monoisotopic (exact) mass is 343 g/mol. The third-order valence-corrected chi connectivity index (χ3v) is 0. The molecule has 0 aliphatic rings. The summed E-state index contributed by atoms with van der Waals surface area (Å²) in [6.07, 6.45) is 0. The Labute approximate surface area is 67.3 Å². The van der Waals surface area contributed by atoms with Crippen molar-refractivity contribution in [2.75, 3.05) is 0 Å². The maximum Gasteiger partial charge on any atom is 0 e. The van der Waals surface area contributed by atoms with Crippen LogP contribution >= 0.6 is 0 Å². The molecular weight excluding hydrogens is 337 g/mol. The van der Waals surface area contributed by atoms with Gasteiger partial charge in [0.2, 0.25) is 0 Å². The first-order valence-electron chi connectivity index (χ1n) is 0. The number of hydrogen-bond acceptors (Lipinski definition) is 0. The van der Waals surface area contributed by atoms with Gasteiger partial charge in [0.1, 0.15) is 0 Å². The second-order valence-electron chi connectivity index (χ2n) is 0. The van der Waals surface area contributed by atoms with Crippen LogP contribution < -0.4 is 0 Å². The summed E-state index contributed by atoms with van der Waals surface area (Å²) in [5.74, 6) is 0. The van der Waals surface area contributed by atoms with Crippen LogP contribution in [0, 0.1) is 0 Å². The van der Waals surface area contributed by atoms with E-state index in [4.69, 9.17) is 0 Å². The Balaban J connectivity index is 0. The first-order chi connectivity index (χ1) is 0. The molecule has 0 saturated heterocycles. The van der Waals surface area contributed by atoms with E-state index in [1.54, 1.807) is 0 Å². The fourth-order valence-electron chi connectivity index (χ4n) is 0. The summed E-state index contributed by atoms with van der Waals surface area (Å²) in [5, 5.41) is 0. The molecule has 0 atom stereocenters. The van der Waals surface area contributed by atoms with Gasteiger partial charge in [-0.3, -0.25) is 0 Å². The number of hydrogen-bond donors (Lipinski definition) is 0. The van der Waals surface area contributed by atoms with Gasteiger partial charge in [0.25, 0.3) is 0 Å². The van der Waals surface area contributed by atoms with Gasteiger partial charge in [-0.15, -0.1) is 0 Å². The van der Waals surface area contributed by atoms with E-state index in [-0.39, 0.29) is 67.9 Å². The van der Waals surface area contributed by atoms with Gasteiger partial charge < -0.3 is 0 Å². The zero-order chi connectivity index (χ0) is 0.